The lowest BCUT2D eigenvalue weighted by Gasteiger charge is -2.33. The van der Waals surface area contributed by atoms with Crippen molar-refractivity contribution in [1.29, 1.82) is 0 Å². The third-order valence-corrected chi connectivity index (χ3v) is 3.41. The van der Waals surface area contributed by atoms with Gasteiger partial charge in [-0.1, -0.05) is 34.2 Å². The third kappa shape index (κ3) is 2.44. The van der Waals surface area contributed by atoms with Crippen LogP contribution in [0.5, 0.6) is 0 Å². The molecule has 0 amide bonds. The predicted octanol–water partition coefficient (Wildman–Crippen LogP) is 3.08. The van der Waals surface area contributed by atoms with Gasteiger partial charge < -0.3 is 0 Å². The predicted molar refractivity (Wildman–Crippen MR) is 60.0 cm³/mol. The van der Waals surface area contributed by atoms with Gasteiger partial charge in [0.25, 0.3) is 0 Å². The molecule has 0 bridgehead atoms. The Kier molecular flexibility index (Phi) is 3.23. The van der Waals surface area contributed by atoms with Gasteiger partial charge in [-0.25, -0.2) is 0 Å². The monoisotopic (exact) mass is 241 g/mol. The number of allylic oxidation sites excluding steroid dienone is 1. The van der Waals surface area contributed by atoms with Gasteiger partial charge in [-0.15, -0.1) is 0 Å². The zero-order chi connectivity index (χ0) is 9.10. The van der Waals surface area contributed by atoms with Gasteiger partial charge >= 0.3 is 0 Å². The van der Waals surface area contributed by atoms with Crippen LogP contribution in [-0.2, 0) is 0 Å². The molecule has 2 rings (SSSR count). The van der Waals surface area contributed by atoms with Crippen molar-refractivity contribution < 1.29 is 0 Å². The molecule has 0 saturated carbocycles. The molecule has 0 aromatic rings. The first-order valence-electron chi connectivity index (χ1n) is 5.11. The summed E-state index contributed by atoms with van der Waals surface area (Å²) in [4.78, 5) is 2.57. The summed E-state index contributed by atoms with van der Waals surface area (Å²) in [5.74, 6) is 0. The van der Waals surface area contributed by atoms with Crippen LogP contribution in [0.2, 0.25) is 0 Å². The van der Waals surface area contributed by atoms with Crippen LogP contribution in [0.3, 0.4) is 0 Å². The highest BCUT2D eigenvalue weighted by Crippen LogP contribution is 2.22. The Morgan fingerprint density at radius 3 is 3.00 bits per heavy atom. The molecule has 13 heavy (non-hydrogen) atoms. The zero-order valence-electron chi connectivity index (χ0n) is 7.88. The van der Waals surface area contributed by atoms with Crippen molar-refractivity contribution in [3.05, 3.63) is 22.7 Å². The lowest BCUT2D eigenvalue weighted by atomic mass is 10.0. The van der Waals surface area contributed by atoms with Crippen LogP contribution in [-0.4, -0.2) is 24.0 Å². The van der Waals surface area contributed by atoms with Crippen LogP contribution in [0.15, 0.2) is 22.7 Å². The van der Waals surface area contributed by atoms with Crippen LogP contribution >= 0.6 is 15.9 Å². The second-order valence-corrected chi connectivity index (χ2v) is 4.86. The first-order chi connectivity index (χ1) is 6.36. The number of hydrogen-bond acceptors (Lipinski definition) is 1. The van der Waals surface area contributed by atoms with Crippen LogP contribution in [0.1, 0.15) is 25.7 Å². The van der Waals surface area contributed by atoms with Crippen molar-refractivity contribution in [1.82, 2.24) is 4.90 Å². The fourth-order valence-electron chi connectivity index (χ4n) is 2.11. The Morgan fingerprint density at radius 2 is 2.31 bits per heavy atom. The molecule has 1 nitrogen and oxygen atoms in total. The quantitative estimate of drug-likeness (QED) is 0.639. The second kappa shape index (κ2) is 4.43. The normalized spacial score (nSPS) is 30.2. The molecular weight excluding hydrogens is 226 g/mol. The smallest absolute Gasteiger partial charge is 0.0302 e. The van der Waals surface area contributed by atoms with Crippen molar-refractivity contribution >= 4 is 15.9 Å². The molecule has 0 fully saturated rings. The molecule has 0 radical (unpaired) electrons. The Hall–Kier alpha value is -0.0800. The van der Waals surface area contributed by atoms with E-state index in [1.807, 2.05) is 0 Å². The van der Waals surface area contributed by atoms with E-state index < -0.39 is 0 Å². The van der Waals surface area contributed by atoms with Gasteiger partial charge in [0.15, 0.2) is 0 Å². The van der Waals surface area contributed by atoms with E-state index in [0.29, 0.717) is 6.04 Å². The van der Waals surface area contributed by atoms with Crippen molar-refractivity contribution in [3.8, 4) is 0 Å². The highest BCUT2D eigenvalue weighted by Gasteiger charge is 2.19. The van der Waals surface area contributed by atoms with Crippen molar-refractivity contribution in [2.24, 2.45) is 0 Å². The fourth-order valence-corrected chi connectivity index (χ4v) is 2.66. The average molecular weight is 242 g/mol. The molecule has 2 aliphatic rings. The highest BCUT2D eigenvalue weighted by atomic mass is 79.9. The summed E-state index contributed by atoms with van der Waals surface area (Å²) >= 11 is 3.59. The molecule has 0 aromatic heterocycles. The molecule has 0 aromatic carbocycles. The molecular formula is C11H16BrN. The Bertz CT molecular complexity index is 232. The van der Waals surface area contributed by atoms with E-state index in [4.69, 9.17) is 0 Å². The van der Waals surface area contributed by atoms with Gasteiger partial charge in [-0.2, -0.15) is 0 Å². The minimum Gasteiger partial charge on any atom is -0.292 e. The molecule has 0 saturated heterocycles. The maximum atomic E-state index is 3.59. The van der Waals surface area contributed by atoms with E-state index in [2.05, 4.69) is 39.1 Å². The van der Waals surface area contributed by atoms with Gasteiger partial charge in [0.2, 0.25) is 0 Å². The minimum absolute atomic E-state index is 0.704. The lowest BCUT2D eigenvalue weighted by molar-refractivity contribution is 0.231. The highest BCUT2D eigenvalue weighted by molar-refractivity contribution is 9.11. The Morgan fingerprint density at radius 1 is 1.38 bits per heavy atom. The molecule has 1 heterocycles. The van der Waals surface area contributed by atoms with E-state index in [-0.39, 0.29) is 0 Å². The van der Waals surface area contributed by atoms with Gasteiger partial charge in [-0.3, -0.25) is 4.90 Å². The van der Waals surface area contributed by atoms with Crippen molar-refractivity contribution in [2.75, 3.05) is 13.1 Å². The summed E-state index contributed by atoms with van der Waals surface area (Å²) in [5.41, 5.74) is 0. The van der Waals surface area contributed by atoms with Crippen LogP contribution in [0, 0.1) is 0 Å². The SMILES string of the molecule is BrC1=CCCN(C2C=CCCC2)C1. The topological polar surface area (TPSA) is 3.24 Å². The first kappa shape index (κ1) is 9.47. The van der Waals surface area contributed by atoms with Crippen molar-refractivity contribution in [3.63, 3.8) is 0 Å². The standard InChI is InChI=1S/C11H16BrN/c12-10-5-4-8-13(9-10)11-6-2-1-3-7-11/h2,5-6,11H,1,3-4,7-9H2. The van der Waals surface area contributed by atoms with Gasteiger partial charge in [-0.05, 0) is 25.7 Å². The molecule has 1 unspecified atom stereocenters. The summed E-state index contributed by atoms with van der Waals surface area (Å²) in [6.07, 6.45) is 12.2. The lowest BCUT2D eigenvalue weighted by Crippen LogP contribution is -2.38. The molecule has 1 atom stereocenters. The Labute approximate surface area is 88.6 Å². The van der Waals surface area contributed by atoms with E-state index in [1.54, 1.807) is 0 Å². The maximum Gasteiger partial charge on any atom is 0.0302 e. The molecule has 0 spiro atoms. The summed E-state index contributed by atoms with van der Waals surface area (Å²) in [6, 6.07) is 0.704. The van der Waals surface area contributed by atoms with Crippen LogP contribution in [0.4, 0.5) is 0 Å². The minimum atomic E-state index is 0.704. The van der Waals surface area contributed by atoms with E-state index in [1.165, 1.54) is 36.7 Å². The van der Waals surface area contributed by atoms with Crippen LogP contribution < -0.4 is 0 Å². The van der Waals surface area contributed by atoms with E-state index in [9.17, 15) is 0 Å². The number of halogens is 1. The van der Waals surface area contributed by atoms with Crippen molar-refractivity contribution in [2.45, 2.75) is 31.7 Å². The molecule has 1 aliphatic carbocycles. The summed E-state index contributed by atoms with van der Waals surface area (Å²) in [6.45, 7) is 2.33. The van der Waals surface area contributed by atoms with Crippen LogP contribution in [0.25, 0.3) is 0 Å². The second-order valence-electron chi connectivity index (χ2n) is 3.84. The fraction of sp³-hybridized carbons (Fsp3) is 0.636. The van der Waals surface area contributed by atoms with E-state index in [0.717, 1.165) is 6.54 Å². The molecule has 72 valence electrons. The largest absolute Gasteiger partial charge is 0.292 e. The first-order valence-corrected chi connectivity index (χ1v) is 5.91. The molecule has 1 aliphatic heterocycles. The third-order valence-electron chi connectivity index (χ3n) is 2.83. The van der Waals surface area contributed by atoms with Gasteiger partial charge in [0, 0.05) is 23.6 Å². The number of rotatable bonds is 1. The summed E-state index contributed by atoms with van der Waals surface area (Å²) < 4.78 is 1.36. The molecule has 0 N–H and O–H groups in total. The Balaban J connectivity index is 1.96. The van der Waals surface area contributed by atoms with E-state index >= 15 is 0 Å². The van der Waals surface area contributed by atoms with Gasteiger partial charge in [0.1, 0.15) is 0 Å². The average Bonchev–Trinajstić information content (AvgIpc) is 2.19. The number of nitrogens with zero attached hydrogens (tertiary/aromatic N) is 1. The zero-order valence-corrected chi connectivity index (χ0v) is 9.46. The maximum absolute atomic E-state index is 3.59. The summed E-state index contributed by atoms with van der Waals surface area (Å²) in [5, 5.41) is 0. The number of hydrogen-bond donors (Lipinski definition) is 0. The summed E-state index contributed by atoms with van der Waals surface area (Å²) in [7, 11) is 0. The van der Waals surface area contributed by atoms with Gasteiger partial charge in [0.05, 0.1) is 0 Å². The molecule has 2 heteroatoms.